The van der Waals surface area contributed by atoms with E-state index in [1.54, 1.807) is 24.3 Å². The van der Waals surface area contributed by atoms with Gasteiger partial charge in [0.2, 0.25) is 0 Å². The van der Waals surface area contributed by atoms with E-state index in [9.17, 15) is 4.79 Å². The molecule has 0 radical (unpaired) electrons. The number of benzene rings is 1. The van der Waals surface area contributed by atoms with Gasteiger partial charge in [-0.1, -0.05) is 27.7 Å². The lowest BCUT2D eigenvalue weighted by molar-refractivity contribution is 0.0333. The summed E-state index contributed by atoms with van der Waals surface area (Å²) in [6, 6.07) is 7.27. The number of esters is 1. The minimum absolute atomic E-state index is 0.165. The first kappa shape index (κ1) is 19.5. The normalized spacial score (nSPS) is 12.9. The monoisotopic (exact) mass is 320 g/mol. The van der Waals surface area contributed by atoms with Gasteiger partial charge in [0.25, 0.3) is 0 Å². The molecule has 4 heteroatoms. The molecule has 0 saturated heterocycles. The zero-order valence-electron chi connectivity index (χ0n) is 15.1. The molecule has 0 fully saturated rings. The van der Waals surface area contributed by atoms with Gasteiger partial charge in [0.05, 0.1) is 5.56 Å². The number of nitrogen functional groups attached to an aromatic ring is 1. The second-order valence-electron chi connectivity index (χ2n) is 7.20. The zero-order chi connectivity index (χ0) is 17.4. The molecule has 0 saturated carbocycles. The molecule has 0 aliphatic carbocycles. The summed E-state index contributed by atoms with van der Waals surface area (Å²) in [7, 11) is 0. The van der Waals surface area contributed by atoms with Crippen LogP contribution >= 0.6 is 0 Å². The summed E-state index contributed by atoms with van der Waals surface area (Å²) < 4.78 is 5.49. The summed E-state index contributed by atoms with van der Waals surface area (Å²) in [5.41, 5.74) is 6.80. The molecule has 0 aliphatic heterocycles. The Morgan fingerprint density at radius 2 is 1.57 bits per heavy atom. The lowest BCUT2D eigenvalue weighted by Crippen LogP contribution is -2.38. The Bertz CT molecular complexity index is 459. The van der Waals surface area contributed by atoms with Crippen LogP contribution in [0.1, 0.15) is 57.8 Å². The Morgan fingerprint density at radius 1 is 1.04 bits per heavy atom. The summed E-state index contributed by atoms with van der Waals surface area (Å²) in [5.74, 6) is 1.00. The van der Waals surface area contributed by atoms with Gasteiger partial charge in [-0.25, -0.2) is 4.79 Å². The lowest BCUT2D eigenvalue weighted by atomic mass is 9.95. The molecular formula is C19H32N2O2. The average Bonchev–Trinajstić information content (AvgIpc) is 2.44. The minimum atomic E-state index is -0.302. The molecule has 0 aromatic heterocycles. The Balaban J connectivity index is 2.46. The van der Waals surface area contributed by atoms with Crippen molar-refractivity contribution in [3.63, 3.8) is 0 Å². The van der Waals surface area contributed by atoms with Crippen LogP contribution in [0.5, 0.6) is 0 Å². The van der Waals surface area contributed by atoms with Crippen molar-refractivity contribution in [1.29, 1.82) is 0 Å². The number of carbonyl (C=O) groups is 1. The van der Waals surface area contributed by atoms with Crippen molar-refractivity contribution in [2.24, 2.45) is 11.8 Å². The quantitative estimate of drug-likeness (QED) is 0.535. The second-order valence-corrected chi connectivity index (χ2v) is 7.20. The molecule has 0 spiro atoms. The Hall–Kier alpha value is -1.55. The van der Waals surface area contributed by atoms with Crippen LogP contribution in [0.4, 0.5) is 5.69 Å². The second kappa shape index (κ2) is 9.56. The van der Waals surface area contributed by atoms with Gasteiger partial charge < -0.3 is 15.8 Å². The zero-order valence-corrected chi connectivity index (χ0v) is 15.1. The molecule has 1 rings (SSSR count). The van der Waals surface area contributed by atoms with Crippen LogP contribution in [0.25, 0.3) is 0 Å². The number of nitrogens with one attached hydrogen (secondary N) is 1. The topological polar surface area (TPSA) is 64.3 Å². The first-order chi connectivity index (χ1) is 10.8. The minimum Gasteiger partial charge on any atom is -0.458 e. The summed E-state index contributed by atoms with van der Waals surface area (Å²) in [4.78, 5) is 12.1. The molecular weight excluding hydrogens is 288 g/mol. The van der Waals surface area contributed by atoms with Gasteiger partial charge in [-0.2, -0.15) is 0 Å². The maximum Gasteiger partial charge on any atom is 0.338 e. The van der Waals surface area contributed by atoms with E-state index in [0.29, 0.717) is 35.7 Å². The smallest absolute Gasteiger partial charge is 0.338 e. The van der Waals surface area contributed by atoms with Crippen LogP contribution in [0.3, 0.4) is 0 Å². The van der Waals surface area contributed by atoms with Crippen LogP contribution in [-0.2, 0) is 4.74 Å². The van der Waals surface area contributed by atoms with E-state index in [0.717, 1.165) is 12.8 Å². The third kappa shape index (κ3) is 8.03. The number of anilines is 1. The van der Waals surface area contributed by atoms with E-state index in [-0.39, 0.29) is 12.1 Å². The maximum absolute atomic E-state index is 12.1. The van der Waals surface area contributed by atoms with Crippen molar-refractivity contribution in [3.8, 4) is 0 Å². The van der Waals surface area contributed by atoms with Gasteiger partial charge in [-0.05, 0) is 55.9 Å². The van der Waals surface area contributed by atoms with Gasteiger partial charge in [0.1, 0.15) is 6.10 Å². The van der Waals surface area contributed by atoms with Crippen molar-refractivity contribution in [1.82, 2.24) is 5.32 Å². The van der Waals surface area contributed by atoms with Crippen molar-refractivity contribution in [2.75, 3.05) is 12.3 Å². The Morgan fingerprint density at radius 3 is 2.04 bits per heavy atom. The van der Waals surface area contributed by atoms with Crippen LogP contribution < -0.4 is 11.1 Å². The molecule has 4 nitrogen and oxygen atoms in total. The predicted octanol–water partition coefficient (Wildman–Crippen LogP) is 3.86. The summed E-state index contributed by atoms with van der Waals surface area (Å²) in [6.45, 7) is 11.5. The van der Waals surface area contributed by atoms with E-state index in [2.05, 4.69) is 33.0 Å². The largest absolute Gasteiger partial charge is 0.458 e. The van der Waals surface area contributed by atoms with Gasteiger partial charge in [-0.3, -0.25) is 0 Å². The molecule has 0 bridgehead atoms. The molecule has 0 heterocycles. The number of rotatable bonds is 9. The highest BCUT2D eigenvalue weighted by Gasteiger charge is 2.16. The SMILES string of the molecule is CC(C)CC(CC(C)C)NC[C@H](C)OC(=O)c1ccc(N)cc1. The molecule has 1 aromatic carbocycles. The van der Waals surface area contributed by atoms with E-state index < -0.39 is 0 Å². The van der Waals surface area contributed by atoms with Gasteiger partial charge in [0, 0.05) is 18.3 Å². The van der Waals surface area contributed by atoms with E-state index in [4.69, 9.17) is 10.5 Å². The fraction of sp³-hybridized carbons (Fsp3) is 0.632. The molecule has 3 N–H and O–H groups in total. The molecule has 1 aromatic rings. The van der Waals surface area contributed by atoms with E-state index in [1.165, 1.54) is 0 Å². The standard InChI is InChI=1S/C19H32N2O2/c1-13(2)10-18(11-14(3)4)21-12-15(5)23-19(22)16-6-8-17(20)9-7-16/h6-9,13-15,18,21H,10-12,20H2,1-5H3/t15-/m0/s1. The number of hydrogen-bond acceptors (Lipinski definition) is 4. The van der Waals surface area contributed by atoms with E-state index >= 15 is 0 Å². The summed E-state index contributed by atoms with van der Waals surface area (Å²) >= 11 is 0. The van der Waals surface area contributed by atoms with Gasteiger partial charge in [-0.15, -0.1) is 0 Å². The van der Waals surface area contributed by atoms with Crippen LogP contribution in [-0.4, -0.2) is 24.7 Å². The molecule has 130 valence electrons. The molecule has 0 aliphatic rings. The third-order valence-electron chi connectivity index (χ3n) is 3.66. The fourth-order valence-corrected chi connectivity index (χ4v) is 2.65. The molecule has 23 heavy (non-hydrogen) atoms. The van der Waals surface area contributed by atoms with Crippen molar-refractivity contribution in [3.05, 3.63) is 29.8 Å². The number of carbonyl (C=O) groups excluding carboxylic acids is 1. The van der Waals surface area contributed by atoms with Crippen LogP contribution in [0, 0.1) is 11.8 Å². The highest BCUT2D eigenvalue weighted by atomic mass is 16.5. The average molecular weight is 320 g/mol. The van der Waals surface area contributed by atoms with Crippen molar-refractivity contribution >= 4 is 11.7 Å². The van der Waals surface area contributed by atoms with E-state index in [1.807, 2.05) is 6.92 Å². The summed E-state index contributed by atoms with van der Waals surface area (Å²) in [6.07, 6.45) is 2.11. The molecule has 0 amide bonds. The lowest BCUT2D eigenvalue weighted by Gasteiger charge is -2.24. The number of ether oxygens (including phenoxy) is 1. The van der Waals surface area contributed by atoms with Gasteiger partial charge in [0.15, 0.2) is 0 Å². The predicted molar refractivity (Wildman–Crippen MR) is 96.4 cm³/mol. The maximum atomic E-state index is 12.1. The number of nitrogens with two attached hydrogens (primary N) is 1. The highest BCUT2D eigenvalue weighted by Crippen LogP contribution is 2.14. The molecule has 1 atom stereocenters. The van der Waals surface area contributed by atoms with Crippen LogP contribution in [0.15, 0.2) is 24.3 Å². The Labute approximate surface area is 140 Å². The van der Waals surface area contributed by atoms with Gasteiger partial charge >= 0.3 is 5.97 Å². The van der Waals surface area contributed by atoms with Crippen molar-refractivity contribution in [2.45, 2.75) is 59.6 Å². The first-order valence-electron chi connectivity index (χ1n) is 8.57. The first-order valence-corrected chi connectivity index (χ1v) is 8.57. The third-order valence-corrected chi connectivity index (χ3v) is 3.66. The Kier molecular flexibility index (Phi) is 8.10. The number of hydrogen-bond donors (Lipinski definition) is 2. The summed E-state index contributed by atoms with van der Waals surface area (Å²) in [5, 5.41) is 3.55. The molecule has 0 unspecified atom stereocenters. The fourth-order valence-electron chi connectivity index (χ4n) is 2.65. The van der Waals surface area contributed by atoms with Crippen molar-refractivity contribution < 1.29 is 9.53 Å². The van der Waals surface area contributed by atoms with Crippen LogP contribution in [0.2, 0.25) is 0 Å². The highest BCUT2D eigenvalue weighted by molar-refractivity contribution is 5.89.